The summed E-state index contributed by atoms with van der Waals surface area (Å²) < 4.78 is 18.6. The lowest BCUT2D eigenvalue weighted by Crippen LogP contribution is -2.70. The fourth-order valence-electron chi connectivity index (χ4n) is 8.44. The number of hydrogen-bond donors (Lipinski definition) is 9. The first-order chi connectivity index (χ1) is 26.0. The molecule has 16 nitrogen and oxygen atoms in total. The molecule has 3 heterocycles. The Labute approximate surface area is 309 Å². The second-order valence-corrected chi connectivity index (χ2v) is 14.4. The molecule has 0 radical (unpaired) electrons. The van der Waals surface area contributed by atoms with E-state index in [2.05, 4.69) is 16.0 Å². The molecule has 0 aromatic heterocycles. The van der Waals surface area contributed by atoms with Gasteiger partial charge >= 0.3 is 0 Å². The standard InChI is InChI=1S/C38H43N5O11/c39-37-41-34-25(35(50)42-37)40-17-43(34)23-10-4-1-7-18(23)15-19-16-22-24(27(46)21-9-3-2-8-20(21)26(22)45)32(52-14-13-44)31(19)53-36-30(49)28(47)29(48)33(54-36)38(51)11-5-6-12-38/h1-4,7-10,16,25,28-30,33-34,36-37,40-41,44,47-49,51H,5-6,11-15,17,39H2,(H,42,50)/t25-,28-,29-,30+,33-,34+,36+,37+/m1/s1. The van der Waals surface area contributed by atoms with Crippen LogP contribution in [0.4, 0.5) is 5.69 Å². The molecule has 8 atom stereocenters. The lowest BCUT2D eigenvalue weighted by atomic mass is 9.81. The van der Waals surface area contributed by atoms with E-state index in [-0.39, 0.29) is 59.4 Å². The van der Waals surface area contributed by atoms with Gasteiger partial charge in [0.15, 0.2) is 23.1 Å². The number of aliphatic hydroxyl groups excluding tert-OH is 4. The number of amides is 1. The minimum atomic E-state index is -1.82. The average molecular weight is 746 g/mol. The molecule has 8 rings (SSSR count). The monoisotopic (exact) mass is 745 g/mol. The van der Waals surface area contributed by atoms with Crippen LogP contribution in [0.25, 0.3) is 0 Å². The summed E-state index contributed by atoms with van der Waals surface area (Å²) in [7, 11) is 0. The van der Waals surface area contributed by atoms with Crippen molar-refractivity contribution in [2.24, 2.45) is 5.73 Å². The zero-order valence-corrected chi connectivity index (χ0v) is 29.2. The molecule has 3 aromatic carbocycles. The van der Waals surface area contributed by atoms with E-state index in [1.165, 1.54) is 12.1 Å². The summed E-state index contributed by atoms with van der Waals surface area (Å²) in [6.07, 6.45) is -7.58. The van der Waals surface area contributed by atoms with Crippen LogP contribution < -0.4 is 36.1 Å². The van der Waals surface area contributed by atoms with Crippen molar-refractivity contribution < 1.29 is 54.1 Å². The van der Waals surface area contributed by atoms with Gasteiger partial charge in [0, 0.05) is 34.4 Å². The van der Waals surface area contributed by atoms with Crippen molar-refractivity contribution in [3.8, 4) is 11.5 Å². The third-order valence-corrected chi connectivity index (χ3v) is 11.1. The Hall–Kier alpha value is -4.49. The summed E-state index contributed by atoms with van der Waals surface area (Å²) in [4.78, 5) is 43.0. The predicted octanol–water partition coefficient (Wildman–Crippen LogP) is -1.06. The Morgan fingerprint density at radius 1 is 0.889 bits per heavy atom. The van der Waals surface area contributed by atoms with Crippen LogP contribution in [0, 0.1) is 0 Å². The fraction of sp³-hybridized carbons (Fsp3) is 0.447. The van der Waals surface area contributed by atoms with Crippen molar-refractivity contribution in [1.82, 2.24) is 16.0 Å². The van der Waals surface area contributed by atoms with Crippen molar-refractivity contribution in [2.75, 3.05) is 24.8 Å². The second-order valence-electron chi connectivity index (χ2n) is 14.4. The quantitative estimate of drug-likeness (QED) is 0.0992. The molecule has 4 fully saturated rings. The molecular weight excluding hydrogens is 702 g/mol. The van der Waals surface area contributed by atoms with Crippen LogP contribution in [0.2, 0.25) is 0 Å². The Morgan fingerprint density at radius 2 is 1.59 bits per heavy atom. The summed E-state index contributed by atoms with van der Waals surface area (Å²) in [6, 6.07) is 14.7. The number of ketones is 2. The maximum absolute atomic E-state index is 14.2. The van der Waals surface area contributed by atoms with Crippen molar-refractivity contribution in [3.05, 3.63) is 88.0 Å². The van der Waals surface area contributed by atoms with Gasteiger partial charge in [-0.15, -0.1) is 0 Å². The number of para-hydroxylation sites is 1. The molecule has 16 heteroatoms. The molecule has 0 spiro atoms. The summed E-state index contributed by atoms with van der Waals surface area (Å²) in [5.41, 5.74) is 6.55. The number of anilines is 1. The molecule has 0 unspecified atom stereocenters. The third-order valence-electron chi connectivity index (χ3n) is 11.1. The number of carbonyl (C=O) groups is 3. The van der Waals surface area contributed by atoms with Crippen LogP contribution in [0.5, 0.6) is 11.5 Å². The zero-order valence-electron chi connectivity index (χ0n) is 29.2. The van der Waals surface area contributed by atoms with E-state index >= 15 is 0 Å². The molecule has 10 N–H and O–H groups in total. The number of aliphatic hydroxyl groups is 5. The van der Waals surface area contributed by atoms with E-state index in [1.807, 2.05) is 29.2 Å². The maximum Gasteiger partial charge on any atom is 0.242 e. The van der Waals surface area contributed by atoms with Gasteiger partial charge in [0.1, 0.15) is 49.5 Å². The van der Waals surface area contributed by atoms with Crippen LogP contribution in [0.15, 0.2) is 54.6 Å². The lowest BCUT2D eigenvalue weighted by Gasteiger charge is -2.45. The van der Waals surface area contributed by atoms with Crippen molar-refractivity contribution in [1.29, 1.82) is 0 Å². The molecule has 2 aliphatic carbocycles. The largest absolute Gasteiger partial charge is 0.486 e. The molecule has 1 saturated carbocycles. The van der Waals surface area contributed by atoms with Gasteiger partial charge in [-0.2, -0.15) is 0 Å². The Bertz CT molecular complexity index is 1970. The van der Waals surface area contributed by atoms with Gasteiger partial charge in [-0.3, -0.25) is 30.8 Å². The van der Waals surface area contributed by atoms with Gasteiger partial charge in [0.25, 0.3) is 0 Å². The first-order valence-electron chi connectivity index (χ1n) is 18.1. The molecule has 5 aliphatic rings. The van der Waals surface area contributed by atoms with E-state index in [0.29, 0.717) is 42.5 Å². The minimum Gasteiger partial charge on any atom is -0.486 e. The number of fused-ring (bicyclic) bond motifs is 3. The molecule has 3 aliphatic heterocycles. The molecule has 286 valence electrons. The number of rotatable bonds is 9. The van der Waals surface area contributed by atoms with Crippen molar-refractivity contribution in [3.63, 3.8) is 0 Å². The van der Waals surface area contributed by atoms with E-state index in [0.717, 1.165) is 0 Å². The molecule has 0 bridgehead atoms. The number of carbonyl (C=O) groups excluding carboxylic acids is 3. The summed E-state index contributed by atoms with van der Waals surface area (Å²) in [5.74, 6) is -1.53. The van der Waals surface area contributed by atoms with Gasteiger partial charge in [-0.05, 0) is 30.5 Å². The number of ether oxygens (including phenoxy) is 3. The average Bonchev–Trinajstić information content (AvgIpc) is 3.81. The van der Waals surface area contributed by atoms with Crippen molar-refractivity contribution >= 4 is 23.2 Å². The predicted molar refractivity (Wildman–Crippen MR) is 190 cm³/mol. The molecule has 3 aromatic rings. The van der Waals surface area contributed by atoms with Gasteiger partial charge in [-0.25, -0.2) is 0 Å². The topological polar surface area (TPSA) is 245 Å². The van der Waals surface area contributed by atoms with Crippen LogP contribution in [0.1, 0.15) is 68.7 Å². The summed E-state index contributed by atoms with van der Waals surface area (Å²) >= 11 is 0. The van der Waals surface area contributed by atoms with Gasteiger partial charge < -0.3 is 50.0 Å². The smallest absolute Gasteiger partial charge is 0.242 e. The van der Waals surface area contributed by atoms with Crippen LogP contribution >= 0.6 is 0 Å². The lowest BCUT2D eigenvalue weighted by molar-refractivity contribution is -0.304. The first-order valence-corrected chi connectivity index (χ1v) is 18.1. The number of nitrogens with two attached hydrogens (primary N) is 1. The highest BCUT2D eigenvalue weighted by molar-refractivity contribution is 6.29. The van der Waals surface area contributed by atoms with Crippen LogP contribution in [-0.4, -0.2) is 118 Å². The highest BCUT2D eigenvalue weighted by Gasteiger charge is 2.54. The number of hydrogen-bond acceptors (Lipinski definition) is 15. The first kappa shape index (κ1) is 36.5. The summed E-state index contributed by atoms with van der Waals surface area (Å²) in [6.45, 7) is -0.482. The second kappa shape index (κ2) is 14.3. The molecule has 1 amide bonds. The summed E-state index contributed by atoms with van der Waals surface area (Å²) in [5, 5.41) is 63.7. The molecular formula is C38H43N5O11. The van der Waals surface area contributed by atoms with E-state index in [1.54, 1.807) is 18.2 Å². The molecule has 3 saturated heterocycles. The normalized spacial score (nSPS) is 30.0. The van der Waals surface area contributed by atoms with Gasteiger partial charge in [0.2, 0.25) is 12.2 Å². The Morgan fingerprint density at radius 3 is 2.33 bits per heavy atom. The van der Waals surface area contributed by atoms with E-state index < -0.39 is 73.0 Å². The maximum atomic E-state index is 14.2. The minimum absolute atomic E-state index is 0.0321. The van der Waals surface area contributed by atoms with E-state index in [4.69, 9.17) is 19.9 Å². The Kier molecular flexibility index (Phi) is 9.66. The number of nitrogens with one attached hydrogen (secondary N) is 3. The SMILES string of the molecule is N[C@@H]1NC(=O)[C@@H]2NCN(c3ccccc3Cc3cc4c(c(OCCO)c3O[C@H]3O[C@@H](C5(O)CCCC5)[C@H](O)[C@@H](O)[C@@H]3O)C(=O)c3ccccc3C4=O)[C@@H]2N1. The van der Waals surface area contributed by atoms with Crippen molar-refractivity contribution in [2.45, 2.75) is 86.9 Å². The highest BCUT2D eigenvalue weighted by atomic mass is 16.7. The highest BCUT2D eigenvalue weighted by Crippen LogP contribution is 2.46. The van der Waals surface area contributed by atoms with E-state index in [9.17, 15) is 39.9 Å². The van der Waals surface area contributed by atoms with Crippen LogP contribution in [0.3, 0.4) is 0 Å². The Balaban J connectivity index is 1.26. The fourth-order valence-corrected chi connectivity index (χ4v) is 8.44. The zero-order chi connectivity index (χ0) is 37.9. The van der Waals surface area contributed by atoms with Crippen LogP contribution in [-0.2, 0) is 16.0 Å². The number of benzene rings is 3. The van der Waals surface area contributed by atoms with Gasteiger partial charge in [0.05, 0.1) is 24.4 Å². The third kappa shape index (κ3) is 6.13. The molecule has 54 heavy (non-hydrogen) atoms. The number of nitrogens with zero attached hydrogens (tertiary/aromatic N) is 1. The van der Waals surface area contributed by atoms with Gasteiger partial charge in [-0.1, -0.05) is 55.3 Å².